The van der Waals surface area contributed by atoms with Gasteiger partial charge in [-0.15, -0.1) is 0 Å². The van der Waals surface area contributed by atoms with Crippen molar-refractivity contribution in [1.82, 2.24) is 4.90 Å². The second kappa shape index (κ2) is 49.0. The molecule has 2 unspecified atom stereocenters. The molecule has 1 rings (SSSR count). The Hall–Kier alpha value is -1.63. The average Bonchev–Trinajstić information content (AvgIpc) is 3.33. The lowest BCUT2D eigenvalue weighted by molar-refractivity contribution is -0.150. The third-order valence-corrected chi connectivity index (χ3v) is 15.5. The number of nitrogens with zero attached hydrogens (tertiary/aromatic N) is 1. The van der Waals surface area contributed by atoms with Crippen molar-refractivity contribution < 1.29 is 28.6 Å². The maximum Gasteiger partial charge on any atom is 0.309 e. The van der Waals surface area contributed by atoms with Crippen molar-refractivity contribution >= 4 is 17.9 Å². The molecule has 7 nitrogen and oxygen atoms in total. The number of unbranched alkanes of at least 4 members (excludes halogenated alkanes) is 23. The van der Waals surface area contributed by atoms with E-state index in [1.807, 2.05) is 0 Å². The molecule has 7 heteroatoms. The second-order valence-electron chi connectivity index (χ2n) is 21.9. The monoisotopic (exact) mass is 960 g/mol. The van der Waals surface area contributed by atoms with Gasteiger partial charge in [-0.05, 0) is 95.7 Å². The van der Waals surface area contributed by atoms with Gasteiger partial charge in [-0.2, -0.15) is 0 Å². The van der Waals surface area contributed by atoms with Crippen LogP contribution in [-0.4, -0.2) is 62.8 Å². The molecule has 1 fully saturated rings. The number of esters is 3. The molecule has 0 amide bonds. The van der Waals surface area contributed by atoms with Crippen LogP contribution in [0.25, 0.3) is 0 Å². The van der Waals surface area contributed by atoms with Crippen LogP contribution in [0, 0.1) is 23.7 Å². The lowest BCUT2D eigenvalue weighted by atomic mass is 9.90. The first kappa shape index (κ1) is 64.4. The van der Waals surface area contributed by atoms with Gasteiger partial charge < -0.3 is 19.1 Å². The van der Waals surface area contributed by atoms with Gasteiger partial charge in [0, 0.05) is 12.8 Å². The van der Waals surface area contributed by atoms with E-state index in [9.17, 15) is 14.4 Å². The summed E-state index contributed by atoms with van der Waals surface area (Å²) in [7, 11) is 2.12. The zero-order valence-electron chi connectivity index (χ0n) is 46.4. The van der Waals surface area contributed by atoms with Gasteiger partial charge in [-0.25, -0.2) is 0 Å². The van der Waals surface area contributed by atoms with Crippen LogP contribution in [0.5, 0.6) is 0 Å². The smallest absolute Gasteiger partial charge is 0.309 e. The van der Waals surface area contributed by atoms with Crippen LogP contribution in [0.3, 0.4) is 0 Å². The van der Waals surface area contributed by atoms with Crippen LogP contribution < -0.4 is 0 Å². The Morgan fingerprint density at radius 2 is 0.662 bits per heavy atom. The fourth-order valence-corrected chi connectivity index (χ4v) is 10.7. The van der Waals surface area contributed by atoms with E-state index in [1.54, 1.807) is 0 Å². The number of piperidine rings is 1. The number of hydrogen-bond acceptors (Lipinski definition) is 7. The minimum atomic E-state index is -0.0351. The zero-order valence-corrected chi connectivity index (χ0v) is 46.4. The van der Waals surface area contributed by atoms with E-state index in [-0.39, 0.29) is 23.8 Å². The number of carbonyl (C=O) groups excluding carboxylic acids is 3. The largest absolute Gasteiger partial charge is 0.466 e. The Bertz CT molecular complexity index is 1090. The molecule has 1 saturated heterocycles. The first-order chi connectivity index (χ1) is 33.3. The second-order valence-corrected chi connectivity index (χ2v) is 21.9. The molecule has 68 heavy (non-hydrogen) atoms. The van der Waals surface area contributed by atoms with Gasteiger partial charge in [0.25, 0.3) is 0 Å². The number of ether oxygens (including phenoxy) is 3. The summed E-state index contributed by atoms with van der Waals surface area (Å²) in [6.07, 6.45) is 52.7. The van der Waals surface area contributed by atoms with E-state index in [4.69, 9.17) is 14.2 Å². The lowest BCUT2D eigenvalue weighted by Gasteiger charge is -2.27. The number of hydrogen-bond donors (Lipinski definition) is 0. The first-order valence-corrected chi connectivity index (χ1v) is 30.5. The maximum atomic E-state index is 12.8. The van der Waals surface area contributed by atoms with Crippen molar-refractivity contribution in [2.24, 2.45) is 23.7 Å². The first-order valence-electron chi connectivity index (χ1n) is 30.5. The highest BCUT2D eigenvalue weighted by Crippen LogP contribution is 2.27. The van der Waals surface area contributed by atoms with E-state index < -0.39 is 0 Å². The molecule has 2 atom stereocenters. The quantitative estimate of drug-likeness (QED) is 0.0341. The van der Waals surface area contributed by atoms with Crippen molar-refractivity contribution in [1.29, 1.82) is 0 Å². The molecule has 0 bridgehead atoms. The maximum absolute atomic E-state index is 12.8. The Morgan fingerprint density at radius 1 is 0.368 bits per heavy atom. The third kappa shape index (κ3) is 41.0. The molecule has 0 saturated carbocycles. The van der Waals surface area contributed by atoms with Crippen LogP contribution in [0.4, 0.5) is 0 Å². The van der Waals surface area contributed by atoms with Gasteiger partial charge in [0.1, 0.15) is 0 Å². The van der Waals surface area contributed by atoms with Crippen molar-refractivity contribution in [3.63, 3.8) is 0 Å². The SMILES string of the molecule is CCCCCCCCCC(CCCCC)CCCOC(=O)CCCCCC(CCCCCCC(=O)OCCCC(CCCCCCCC)CCCCCCCC)CCOC(=O)C1CCN(C)CC1. The van der Waals surface area contributed by atoms with Crippen LogP contribution in [0.1, 0.15) is 310 Å². The van der Waals surface area contributed by atoms with Crippen LogP contribution in [0.2, 0.25) is 0 Å². The average molecular weight is 961 g/mol. The molecular formula is C61H117NO6. The Kier molecular flexibility index (Phi) is 46.4. The molecule has 0 aliphatic carbocycles. The highest BCUT2D eigenvalue weighted by Gasteiger charge is 2.25. The number of carbonyl (C=O) groups is 3. The topological polar surface area (TPSA) is 82.1 Å². The van der Waals surface area contributed by atoms with E-state index in [0.717, 1.165) is 115 Å². The normalized spacial score (nSPS) is 14.4. The van der Waals surface area contributed by atoms with E-state index in [0.29, 0.717) is 38.6 Å². The van der Waals surface area contributed by atoms with Gasteiger partial charge in [0.15, 0.2) is 0 Å². The molecule has 0 aromatic heterocycles. The Labute approximate surface area is 423 Å². The van der Waals surface area contributed by atoms with Gasteiger partial charge >= 0.3 is 17.9 Å². The third-order valence-electron chi connectivity index (χ3n) is 15.5. The predicted octanol–water partition coefficient (Wildman–Crippen LogP) is 18.3. The van der Waals surface area contributed by atoms with E-state index in [2.05, 4.69) is 39.6 Å². The highest BCUT2D eigenvalue weighted by molar-refractivity contribution is 5.72. The summed E-state index contributed by atoms with van der Waals surface area (Å²) in [4.78, 5) is 40.4. The van der Waals surface area contributed by atoms with Gasteiger partial charge in [-0.3, -0.25) is 14.4 Å². The summed E-state index contributed by atoms with van der Waals surface area (Å²) in [5, 5.41) is 0. The standard InChI is InChI=1S/C61H117NO6/c1-6-10-14-17-20-23-30-38-55(37-27-13-9-4)43-35-52-67-60(64)46-34-26-32-42-57(49-54-68-61(65)58-47-50-62(5)51-48-58)41-31-24-25-33-45-59(63)66-53-36-44-56(39-28-21-18-15-11-7-2)40-29-22-19-16-12-8-3/h55-58H,6-54H2,1-5H3. The van der Waals surface area contributed by atoms with Crippen LogP contribution in [-0.2, 0) is 28.6 Å². The summed E-state index contributed by atoms with van der Waals surface area (Å²) < 4.78 is 17.3. The molecule has 1 heterocycles. The fourth-order valence-electron chi connectivity index (χ4n) is 10.7. The summed E-state index contributed by atoms with van der Waals surface area (Å²) in [6, 6.07) is 0. The molecule has 0 radical (unpaired) electrons. The Morgan fingerprint density at radius 3 is 1.06 bits per heavy atom. The fraction of sp³-hybridized carbons (Fsp3) is 0.951. The molecule has 0 spiro atoms. The number of rotatable bonds is 51. The van der Waals surface area contributed by atoms with Crippen molar-refractivity contribution in [3.05, 3.63) is 0 Å². The molecule has 1 aliphatic heterocycles. The number of likely N-dealkylation sites (tertiary alicyclic amines) is 1. The predicted molar refractivity (Wildman–Crippen MR) is 290 cm³/mol. The summed E-state index contributed by atoms with van der Waals surface area (Å²) >= 11 is 0. The van der Waals surface area contributed by atoms with Crippen molar-refractivity contribution in [2.75, 3.05) is 40.0 Å². The van der Waals surface area contributed by atoms with E-state index >= 15 is 0 Å². The molecule has 0 aromatic carbocycles. The molecular weight excluding hydrogens is 843 g/mol. The van der Waals surface area contributed by atoms with Crippen molar-refractivity contribution in [3.8, 4) is 0 Å². The van der Waals surface area contributed by atoms with Crippen LogP contribution in [0.15, 0.2) is 0 Å². The molecule has 402 valence electrons. The van der Waals surface area contributed by atoms with E-state index in [1.165, 1.54) is 180 Å². The van der Waals surface area contributed by atoms with Gasteiger partial charge in [0.2, 0.25) is 0 Å². The zero-order chi connectivity index (χ0) is 49.4. The minimum Gasteiger partial charge on any atom is -0.466 e. The highest BCUT2D eigenvalue weighted by atomic mass is 16.5. The van der Waals surface area contributed by atoms with Gasteiger partial charge in [-0.1, -0.05) is 240 Å². The molecule has 0 N–H and O–H groups in total. The minimum absolute atomic E-state index is 0.0106. The summed E-state index contributed by atoms with van der Waals surface area (Å²) in [5.74, 6) is 2.04. The molecule has 0 aromatic rings. The summed E-state index contributed by atoms with van der Waals surface area (Å²) in [6.45, 7) is 12.7. The van der Waals surface area contributed by atoms with Crippen molar-refractivity contribution in [2.45, 2.75) is 310 Å². The lowest BCUT2D eigenvalue weighted by Crippen LogP contribution is -2.34. The summed E-state index contributed by atoms with van der Waals surface area (Å²) in [5.41, 5.74) is 0. The Balaban J connectivity index is 2.39. The molecule has 1 aliphatic rings. The van der Waals surface area contributed by atoms with Crippen LogP contribution >= 0.6 is 0 Å². The van der Waals surface area contributed by atoms with Gasteiger partial charge in [0.05, 0.1) is 25.7 Å².